The van der Waals surface area contributed by atoms with E-state index in [0.717, 1.165) is 19.3 Å². The summed E-state index contributed by atoms with van der Waals surface area (Å²) in [5.41, 5.74) is 0. The lowest BCUT2D eigenvalue weighted by atomic mass is 10.2. The van der Waals surface area contributed by atoms with Crippen molar-refractivity contribution in [1.82, 2.24) is 14.7 Å². The topological polar surface area (TPSA) is 84.1 Å². The lowest BCUT2D eigenvalue weighted by molar-refractivity contribution is 0.0916. The minimum absolute atomic E-state index is 0.0339. The van der Waals surface area contributed by atoms with Gasteiger partial charge in [0.25, 0.3) is 10.0 Å². The van der Waals surface area contributed by atoms with Crippen LogP contribution in [0.25, 0.3) is 0 Å². The van der Waals surface area contributed by atoms with E-state index >= 15 is 0 Å². The van der Waals surface area contributed by atoms with Crippen LogP contribution in [0.4, 0.5) is 0 Å². The Morgan fingerprint density at radius 2 is 2.33 bits per heavy atom. The van der Waals surface area contributed by atoms with Crippen LogP contribution >= 0.6 is 0 Å². The van der Waals surface area contributed by atoms with E-state index < -0.39 is 10.0 Å². The van der Waals surface area contributed by atoms with E-state index in [1.165, 1.54) is 6.20 Å². The van der Waals surface area contributed by atoms with E-state index in [-0.39, 0.29) is 17.2 Å². The van der Waals surface area contributed by atoms with Crippen molar-refractivity contribution in [3.05, 3.63) is 12.0 Å². The third-order valence-corrected chi connectivity index (χ3v) is 4.69. The van der Waals surface area contributed by atoms with Gasteiger partial charge in [0, 0.05) is 19.6 Å². The van der Waals surface area contributed by atoms with Crippen LogP contribution in [0.5, 0.6) is 0 Å². The first-order chi connectivity index (χ1) is 8.56. The fraction of sp³-hybridized carbons (Fsp3) is 0.727. The van der Waals surface area contributed by atoms with Crippen LogP contribution in [0.1, 0.15) is 32.0 Å². The molecule has 1 heterocycles. The van der Waals surface area contributed by atoms with Crippen molar-refractivity contribution in [1.29, 1.82) is 0 Å². The molecule has 2 unspecified atom stereocenters. The maximum atomic E-state index is 12.1. The van der Waals surface area contributed by atoms with Crippen molar-refractivity contribution in [2.75, 3.05) is 7.11 Å². The van der Waals surface area contributed by atoms with E-state index in [1.807, 2.05) is 6.92 Å². The Hall–Kier alpha value is -0.920. The summed E-state index contributed by atoms with van der Waals surface area (Å²) in [6.07, 6.45) is 4.69. The molecule has 1 aromatic rings. The molecule has 6 nitrogen and oxygen atoms in total. The zero-order chi connectivity index (χ0) is 13.2. The third kappa shape index (κ3) is 2.73. The Bertz CT molecular complexity index is 497. The quantitative estimate of drug-likeness (QED) is 0.832. The fourth-order valence-electron chi connectivity index (χ4n) is 2.27. The minimum Gasteiger partial charge on any atom is -0.380 e. The van der Waals surface area contributed by atoms with Gasteiger partial charge in [-0.05, 0) is 19.3 Å². The highest BCUT2D eigenvalue weighted by atomic mass is 32.2. The molecule has 0 amide bonds. The monoisotopic (exact) mass is 273 g/mol. The summed E-state index contributed by atoms with van der Waals surface area (Å²) < 4.78 is 32.2. The second-order valence-corrected chi connectivity index (χ2v) is 6.16. The average Bonchev–Trinajstić information content (AvgIpc) is 2.96. The molecular formula is C11H19N3O3S. The minimum atomic E-state index is -3.52. The number of aromatic amines is 1. The summed E-state index contributed by atoms with van der Waals surface area (Å²) in [6, 6.07) is -0.145. The molecule has 1 fully saturated rings. The van der Waals surface area contributed by atoms with Gasteiger partial charge >= 0.3 is 0 Å². The summed E-state index contributed by atoms with van der Waals surface area (Å²) in [5.74, 6) is 0.671. The lowest BCUT2D eigenvalue weighted by Crippen LogP contribution is -2.40. The summed E-state index contributed by atoms with van der Waals surface area (Å²) in [5, 5.41) is 0.126. The molecule has 0 bridgehead atoms. The Labute approximate surface area is 107 Å². The first kappa shape index (κ1) is 13.5. The van der Waals surface area contributed by atoms with Crippen molar-refractivity contribution in [3.63, 3.8) is 0 Å². The zero-order valence-electron chi connectivity index (χ0n) is 10.6. The number of aromatic nitrogens is 2. The maximum absolute atomic E-state index is 12.1. The number of hydrogen-bond acceptors (Lipinski definition) is 4. The number of imidazole rings is 1. The number of nitrogens with zero attached hydrogens (tertiary/aromatic N) is 1. The predicted octanol–water partition coefficient (Wildman–Crippen LogP) is 0.818. The van der Waals surface area contributed by atoms with Gasteiger partial charge in [0.2, 0.25) is 0 Å². The largest absolute Gasteiger partial charge is 0.380 e. The van der Waals surface area contributed by atoms with Gasteiger partial charge in [0.05, 0.1) is 12.3 Å². The summed E-state index contributed by atoms with van der Waals surface area (Å²) in [6.45, 7) is 1.92. The van der Waals surface area contributed by atoms with Crippen molar-refractivity contribution in [2.24, 2.45) is 0 Å². The Kier molecular flexibility index (Phi) is 4.04. The molecule has 1 aliphatic carbocycles. The number of hydrogen-bond donors (Lipinski definition) is 2. The van der Waals surface area contributed by atoms with Gasteiger partial charge in [-0.2, -0.15) is 0 Å². The first-order valence-electron chi connectivity index (χ1n) is 6.16. The van der Waals surface area contributed by atoms with Crippen LogP contribution in [0.15, 0.2) is 11.2 Å². The molecule has 102 valence electrons. The average molecular weight is 273 g/mol. The molecule has 0 aliphatic heterocycles. The number of rotatable bonds is 5. The van der Waals surface area contributed by atoms with Crippen molar-refractivity contribution in [3.8, 4) is 0 Å². The molecule has 2 atom stereocenters. The van der Waals surface area contributed by atoms with Crippen LogP contribution in [0.3, 0.4) is 0 Å². The molecule has 7 heteroatoms. The highest BCUT2D eigenvalue weighted by molar-refractivity contribution is 7.89. The molecule has 1 aliphatic rings. The van der Waals surface area contributed by atoms with Crippen LogP contribution in [-0.4, -0.2) is 37.6 Å². The Morgan fingerprint density at radius 3 is 2.94 bits per heavy atom. The van der Waals surface area contributed by atoms with E-state index in [0.29, 0.717) is 12.2 Å². The van der Waals surface area contributed by atoms with Gasteiger partial charge in [0.15, 0.2) is 5.03 Å². The molecular weight excluding hydrogens is 254 g/mol. The Balaban J connectivity index is 2.11. The van der Waals surface area contributed by atoms with Gasteiger partial charge in [-0.15, -0.1) is 0 Å². The molecule has 0 radical (unpaired) electrons. The number of methoxy groups -OCH3 is 1. The highest BCUT2D eigenvalue weighted by Gasteiger charge is 2.31. The molecule has 18 heavy (non-hydrogen) atoms. The summed E-state index contributed by atoms with van der Waals surface area (Å²) in [4.78, 5) is 6.82. The standard InChI is InChI=1S/C11H19N3O3S/c1-3-10-12-7-11(13-10)18(15,16)14-8-5-4-6-9(8)17-2/h7-9,14H,3-6H2,1-2H3,(H,12,13). The van der Waals surface area contributed by atoms with E-state index in [2.05, 4.69) is 14.7 Å². The number of ether oxygens (including phenoxy) is 1. The Morgan fingerprint density at radius 1 is 1.56 bits per heavy atom. The molecule has 0 aromatic carbocycles. The van der Waals surface area contributed by atoms with Crippen LogP contribution in [-0.2, 0) is 21.2 Å². The van der Waals surface area contributed by atoms with Gasteiger partial charge in [-0.1, -0.05) is 6.92 Å². The molecule has 1 aromatic heterocycles. The summed E-state index contributed by atoms with van der Waals surface area (Å²) in [7, 11) is -1.91. The van der Waals surface area contributed by atoms with Crippen LogP contribution in [0, 0.1) is 0 Å². The number of aryl methyl sites for hydroxylation is 1. The second-order valence-electron chi connectivity index (χ2n) is 4.48. The van der Waals surface area contributed by atoms with Crippen molar-refractivity contribution in [2.45, 2.75) is 49.8 Å². The van der Waals surface area contributed by atoms with Gasteiger partial charge in [-0.3, -0.25) is 0 Å². The number of nitrogens with one attached hydrogen (secondary N) is 2. The molecule has 1 saturated carbocycles. The van der Waals surface area contributed by atoms with Gasteiger partial charge < -0.3 is 9.72 Å². The van der Waals surface area contributed by atoms with E-state index in [9.17, 15) is 8.42 Å². The third-order valence-electron chi connectivity index (χ3n) is 3.29. The molecule has 0 saturated heterocycles. The van der Waals surface area contributed by atoms with Gasteiger partial charge in [-0.25, -0.2) is 18.1 Å². The molecule has 2 N–H and O–H groups in total. The smallest absolute Gasteiger partial charge is 0.257 e. The highest BCUT2D eigenvalue weighted by Crippen LogP contribution is 2.23. The van der Waals surface area contributed by atoms with E-state index in [4.69, 9.17) is 4.74 Å². The van der Waals surface area contributed by atoms with E-state index in [1.54, 1.807) is 7.11 Å². The lowest BCUT2D eigenvalue weighted by Gasteiger charge is -2.18. The van der Waals surface area contributed by atoms with Crippen molar-refractivity contribution >= 4 is 10.0 Å². The molecule has 2 rings (SSSR count). The molecule has 0 spiro atoms. The van der Waals surface area contributed by atoms with Crippen LogP contribution < -0.4 is 4.72 Å². The first-order valence-corrected chi connectivity index (χ1v) is 7.64. The van der Waals surface area contributed by atoms with Gasteiger partial charge in [0.1, 0.15) is 5.82 Å². The number of sulfonamides is 1. The summed E-state index contributed by atoms with van der Waals surface area (Å²) >= 11 is 0. The predicted molar refractivity (Wildman–Crippen MR) is 66.7 cm³/mol. The van der Waals surface area contributed by atoms with Crippen molar-refractivity contribution < 1.29 is 13.2 Å². The fourth-order valence-corrected chi connectivity index (χ4v) is 3.50. The van der Waals surface area contributed by atoms with Crippen LogP contribution in [0.2, 0.25) is 0 Å². The number of H-pyrrole nitrogens is 1. The zero-order valence-corrected chi connectivity index (χ0v) is 11.5. The maximum Gasteiger partial charge on any atom is 0.257 e. The SMILES string of the molecule is CCc1ncc(S(=O)(=O)NC2CCCC2OC)[nH]1. The normalized spacial score (nSPS) is 24.6. The second kappa shape index (κ2) is 5.38.